The van der Waals surface area contributed by atoms with Crippen LogP contribution in [0.5, 0.6) is 5.75 Å². The van der Waals surface area contributed by atoms with Gasteiger partial charge in [0.25, 0.3) is 5.91 Å². The van der Waals surface area contributed by atoms with Crippen LogP contribution in [0.2, 0.25) is 0 Å². The fourth-order valence-corrected chi connectivity index (χ4v) is 5.16. The van der Waals surface area contributed by atoms with E-state index in [4.69, 9.17) is 10.5 Å². The van der Waals surface area contributed by atoms with Crippen LogP contribution in [-0.4, -0.2) is 41.1 Å². The second-order valence-electron chi connectivity index (χ2n) is 7.88. The number of fused-ring (bicyclic) bond motifs is 1. The first-order valence-electron chi connectivity index (χ1n) is 9.76. The van der Waals surface area contributed by atoms with E-state index < -0.39 is 29.3 Å². The summed E-state index contributed by atoms with van der Waals surface area (Å²) in [6.45, 7) is 1.09. The number of benzene rings is 1. The maximum atomic E-state index is 15.0. The molecule has 2 aliphatic rings. The van der Waals surface area contributed by atoms with E-state index in [1.54, 1.807) is 0 Å². The Bertz CT molecular complexity index is 1070. The molecule has 3 atom stereocenters. The van der Waals surface area contributed by atoms with Gasteiger partial charge in [-0.2, -0.15) is 8.78 Å². The van der Waals surface area contributed by atoms with E-state index >= 15 is 4.39 Å². The van der Waals surface area contributed by atoms with Crippen molar-refractivity contribution in [2.24, 2.45) is 16.1 Å². The number of pyridine rings is 1. The number of hydrogen-bond acceptors (Lipinski definition) is 7. The van der Waals surface area contributed by atoms with Gasteiger partial charge in [-0.1, -0.05) is 18.7 Å². The minimum atomic E-state index is -2.99. The number of ether oxygens (including phenoxy) is 2. The number of amidine groups is 1. The summed E-state index contributed by atoms with van der Waals surface area (Å²) in [5.41, 5.74) is 5.05. The number of carbonyl (C=O) groups excluding carboxylic acids is 1. The molecule has 0 bridgehead atoms. The highest BCUT2D eigenvalue weighted by molar-refractivity contribution is 8.13. The number of alkyl halides is 2. The van der Waals surface area contributed by atoms with Crippen molar-refractivity contribution in [1.82, 2.24) is 4.98 Å². The molecule has 11 heteroatoms. The van der Waals surface area contributed by atoms with Crippen LogP contribution in [0.3, 0.4) is 0 Å². The van der Waals surface area contributed by atoms with Crippen LogP contribution in [0.25, 0.3) is 0 Å². The van der Waals surface area contributed by atoms with Gasteiger partial charge in [-0.25, -0.2) is 14.4 Å². The third-order valence-corrected chi connectivity index (χ3v) is 7.20. The molecule has 3 heterocycles. The van der Waals surface area contributed by atoms with Crippen LogP contribution in [0.4, 0.5) is 18.9 Å². The lowest BCUT2D eigenvalue weighted by Gasteiger charge is -2.44. The Kier molecular flexibility index (Phi) is 5.80. The maximum absolute atomic E-state index is 15.0. The van der Waals surface area contributed by atoms with Gasteiger partial charge >= 0.3 is 6.61 Å². The van der Waals surface area contributed by atoms with Crippen LogP contribution in [-0.2, 0) is 10.3 Å². The second kappa shape index (κ2) is 8.28. The highest BCUT2D eigenvalue weighted by Crippen LogP contribution is 2.56. The van der Waals surface area contributed by atoms with Crippen molar-refractivity contribution < 1.29 is 27.4 Å². The molecule has 2 aliphatic heterocycles. The maximum Gasteiger partial charge on any atom is 0.387 e. The fraction of sp³-hybridized carbons (Fsp3) is 0.381. The zero-order valence-corrected chi connectivity index (χ0v) is 18.1. The summed E-state index contributed by atoms with van der Waals surface area (Å²) in [5.74, 6) is -0.636. The molecule has 3 N–H and O–H groups in total. The average Bonchev–Trinajstić information content (AvgIpc) is 3.01. The van der Waals surface area contributed by atoms with Crippen LogP contribution < -0.4 is 15.8 Å². The number of aliphatic imine (C=N–C) groups is 1. The van der Waals surface area contributed by atoms with Crippen molar-refractivity contribution in [2.45, 2.75) is 32.1 Å². The zero-order chi connectivity index (χ0) is 23.1. The molecule has 32 heavy (non-hydrogen) atoms. The van der Waals surface area contributed by atoms with Crippen molar-refractivity contribution in [1.29, 1.82) is 0 Å². The summed E-state index contributed by atoms with van der Waals surface area (Å²) in [4.78, 5) is 21.0. The molecular formula is C21H21F3N4O3S. The van der Waals surface area contributed by atoms with Gasteiger partial charge in [-0.05, 0) is 37.3 Å². The van der Waals surface area contributed by atoms with Gasteiger partial charge in [0.2, 0.25) is 0 Å². The summed E-state index contributed by atoms with van der Waals surface area (Å²) in [5, 5.41) is 3.01. The number of nitrogens with one attached hydrogen (secondary N) is 1. The van der Waals surface area contributed by atoms with E-state index in [1.165, 1.54) is 42.1 Å². The van der Waals surface area contributed by atoms with Crippen LogP contribution in [0.1, 0.15) is 29.9 Å². The quantitative estimate of drug-likeness (QED) is 0.696. The molecule has 1 fully saturated rings. The van der Waals surface area contributed by atoms with Gasteiger partial charge in [0, 0.05) is 22.4 Å². The Hall–Kier alpha value is -2.79. The molecule has 1 saturated heterocycles. The predicted octanol–water partition coefficient (Wildman–Crippen LogP) is 3.76. The van der Waals surface area contributed by atoms with Crippen molar-refractivity contribution in [3.05, 3.63) is 53.6 Å². The lowest BCUT2D eigenvalue weighted by Crippen LogP contribution is -2.50. The molecule has 0 radical (unpaired) electrons. The lowest BCUT2D eigenvalue weighted by atomic mass is 9.67. The van der Waals surface area contributed by atoms with E-state index in [0.29, 0.717) is 16.6 Å². The van der Waals surface area contributed by atoms with E-state index in [2.05, 4.69) is 20.0 Å². The highest BCUT2D eigenvalue weighted by atomic mass is 32.2. The Labute approximate surface area is 186 Å². The Morgan fingerprint density at radius 2 is 2.16 bits per heavy atom. The molecule has 0 saturated carbocycles. The van der Waals surface area contributed by atoms with Crippen LogP contribution >= 0.6 is 11.8 Å². The number of amides is 1. The van der Waals surface area contributed by atoms with Gasteiger partial charge in [-0.15, -0.1) is 0 Å². The number of anilines is 1. The molecule has 0 unspecified atom stereocenters. The lowest BCUT2D eigenvalue weighted by molar-refractivity contribution is -0.0500. The van der Waals surface area contributed by atoms with Crippen molar-refractivity contribution in [3.63, 3.8) is 0 Å². The monoisotopic (exact) mass is 466 g/mol. The third-order valence-electron chi connectivity index (χ3n) is 6.07. The number of aromatic nitrogens is 1. The van der Waals surface area contributed by atoms with Gasteiger partial charge in [0.1, 0.15) is 22.8 Å². The van der Waals surface area contributed by atoms with Gasteiger partial charge in [0.05, 0.1) is 18.9 Å². The molecule has 1 amide bonds. The summed E-state index contributed by atoms with van der Waals surface area (Å²) < 4.78 is 49.7. The van der Waals surface area contributed by atoms with Crippen molar-refractivity contribution in [2.75, 3.05) is 17.7 Å². The standard InChI is InChI=1S/C21H21F3N4O3S/c1-11-20(2)10-32-19(25)28-21(20,9-30-11)14-7-12(3-5-15(14)22)27-17(29)16-6-4-13(8-26-16)31-18(23)24/h3-8,11,18H,9-10H2,1-2H3,(H2,25,28)(H,27,29)/t11-,20-,21-/m1/s1. The van der Waals surface area contributed by atoms with Crippen LogP contribution in [0.15, 0.2) is 41.5 Å². The zero-order valence-electron chi connectivity index (χ0n) is 17.3. The van der Waals surface area contributed by atoms with E-state index in [-0.39, 0.29) is 29.7 Å². The normalized spacial score (nSPS) is 27.1. The number of thioether (sulfide) groups is 1. The van der Waals surface area contributed by atoms with Gasteiger partial charge < -0.3 is 20.5 Å². The number of nitrogens with zero attached hydrogens (tertiary/aromatic N) is 2. The molecular weight excluding hydrogens is 445 g/mol. The summed E-state index contributed by atoms with van der Waals surface area (Å²) in [6.07, 6.45) is 0.846. The summed E-state index contributed by atoms with van der Waals surface area (Å²) in [6, 6.07) is 6.66. The largest absolute Gasteiger partial charge is 0.433 e. The Morgan fingerprint density at radius 3 is 2.84 bits per heavy atom. The fourth-order valence-electron chi connectivity index (χ4n) is 4.02. The Balaban J connectivity index is 1.63. The first-order chi connectivity index (χ1) is 15.1. The average molecular weight is 466 g/mol. The minimum Gasteiger partial charge on any atom is -0.433 e. The molecule has 4 rings (SSSR count). The molecule has 1 aromatic carbocycles. The number of halogens is 3. The first kappa shape index (κ1) is 22.4. The minimum absolute atomic E-state index is 0.0188. The molecule has 0 spiro atoms. The van der Waals surface area contributed by atoms with E-state index in [9.17, 15) is 13.6 Å². The summed E-state index contributed by atoms with van der Waals surface area (Å²) in [7, 11) is 0. The topological polar surface area (TPSA) is 98.8 Å². The molecule has 170 valence electrons. The van der Waals surface area contributed by atoms with E-state index in [1.807, 2.05) is 13.8 Å². The first-order valence-corrected chi connectivity index (χ1v) is 10.8. The molecule has 1 aromatic heterocycles. The highest BCUT2D eigenvalue weighted by Gasteiger charge is 2.61. The van der Waals surface area contributed by atoms with Gasteiger partial charge in [-0.3, -0.25) is 4.79 Å². The molecule has 7 nitrogen and oxygen atoms in total. The Morgan fingerprint density at radius 1 is 1.38 bits per heavy atom. The summed E-state index contributed by atoms with van der Waals surface area (Å²) >= 11 is 1.40. The van der Waals surface area contributed by atoms with Crippen LogP contribution in [0, 0.1) is 11.2 Å². The third kappa shape index (κ3) is 3.79. The van der Waals surface area contributed by atoms with Crippen molar-refractivity contribution in [3.8, 4) is 5.75 Å². The molecule has 2 aromatic rings. The predicted molar refractivity (Wildman–Crippen MR) is 115 cm³/mol. The SMILES string of the molecule is C[C@H]1OC[C@]2(c3cc(NC(=O)c4ccc(OC(F)F)cn4)ccc3F)N=C(N)SC[C@]12C. The number of rotatable bonds is 5. The van der Waals surface area contributed by atoms with Gasteiger partial charge in [0.15, 0.2) is 5.17 Å². The van der Waals surface area contributed by atoms with E-state index in [0.717, 1.165) is 6.20 Å². The molecule has 0 aliphatic carbocycles. The number of hydrogen-bond donors (Lipinski definition) is 2. The number of carbonyl (C=O) groups is 1. The number of nitrogens with two attached hydrogens (primary N) is 1. The smallest absolute Gasteiger partial charge is 0.387 e. The second-order valence-corrected chi connectivity index (χ2v) is 8.87. The van der Waals surface area contributed by atoms with Crippen molar-refractivity contribution >= 4 is 28.5 Å².